The van der Waals surface area contributed by atoms with Crippen LogP contribution >= 0.6 is 0 Å². The number of nitrogens with zero attached hydrogens (tertiary/aromatic N) is 1. The summed E-state index contributed by atoms with van der Waals surface area (Å²) < 4.78 is 13.3. The van der Waals surface area contributed by atoms with Gasteiger partial charge in [-0.1, -0.05) is 6.07 Å². The third-order valence-electron chi connectivity index (χ3n) is 3.82. The minimum Gasteiger partial charge on any atom is -0.310 e. The van der Waals surface area contributed by atoms with Gasteiger partial charge in [-0.2, -0.15) is 0 Å². The SMILES string of the molecule is CON1c2ccc(CN[C@H]3CCCC(F)C3)cc21. The van der Waals surface area contributed by atoms with Crippen LogP contribution in [0.5, 0.6) is 0 Å². The molecule has 0 radical (unpaired) electrons. The van der Waals surface area contributed by atoms with Crippen LogP contribution in [0.3, 0.4) is 0 Å². The maximum absolute atomic E-state index is 13.3. The first-order valence-corrected chi connectivity index (χ1v) is 6.62. The number of nitrogens with one attached hydrogen (secondary N) is 1. The summed E-state index contributed by atoms with van der Waals surface area (Å²) in [7, 11) is 1.67. The Kier molecular flexibility index (Phi) is 3.22. The minimum atomic E-state index is -0.617. The zero-order valence-corrected chi connectivity index (χ0v) is 10.7. The normalized spacial score (nSPS) is 26.0. The summed E-state index contributed by atoms with van der Waals surface area (Å²) in [5, 5.41) is 5.26. The number of fused-ring (bicyclic) bond motifs is 1. The predicted octanol–water partition coefficient (Wildman–Crippen LogP) is 3.07. The van der Waals surface area contributed by atoms with Crippen molar-refractivity contribution >= 4 is 11.4 Å². The highest BCUT2D eigenvalue weighted by molar-refractivity contribution is 5.90. The van der Waals surface area contributed by atoms with E-state index in [9.17, 15) is 4.39 Å². The molecule has 0 spiro atoms. The van der Waals surface area contributed by atoms with Gasteiger partial charge in [0.2, 0.25) is 0 Å². The van der Waals surface area contributed by atoms with Gasteiger partial charge < -0.3 is 5.32 Å². The minimum absolute atomic E-state index is 0.330. The molecule has 1 saturated carbocycles. The highest BCUT2D eigenvalue weighted by Crippen LogP contribution is 2.47. The van der Waals surface area contributed by atoms with Gasteiger partial charge in [0.25, 0.3) is 0 Å². The van der Waals surface area contributed by atoms with Gasteiger partial charge in [0.1, 0.15) is 6.17 Å². The molecule has 98 valence electrons. The average Bonchev–Trinajstić information content (AvgIpc) is 3.08. The first-order chi connectivity index (χ1) is 8.78. The number of hydrogen-bond donors (Lipinski definition) is 1. The fourth-order valence-corrected chi connectivity index (χ4v) is 2.75. The van der Waals surface area contributed by atoms with Gasteiger partial charge >= 0.3 is 0 Å². The van der Waals surface area contributed by atoms with Crippen LogP contribution in [-0.4, -0.2) is 19.3 Å². The predicted molar refractivity (Wildman–Crippen MR) is 69.6 cm³/mol. The number of hydrogen-bond acceptors (Lipinski definition) is 3. The second-order valence-corrected chi connectivity index (χ2v) is 5.14. The Bertz CT molecular complexity index is 438. The molecular formula is C14H19FN2O. The van der Waals surface area contributed by atoms with Gasteiger partial charge in [0.05, 0.1) is 18.5 Å². The standard InChI is InChI=1S/C14H19FN2O/c1-18-17-13-6-5-10(7-14(13)17)9-16-12-4-2-3-11(15)8-12/h5-7,11-12,16H,2-4,8-9H2,1H3/t11?,12-,17?/m0/s1. The number of rotatable bonds is 4. The van der Waals surface area contributed by atoms with E-state index in [0.717, 1.165) is 37.2 Å². The summed E-state index contributed by atoms with van der Waals surface area (Å²) in [4.78, 5) is 5.16. The van der Waals surface area contributed by atoms with Crippen molar-refractivity contribution in [2.45, 2.75) is 44.4 Å². The summed E-state index contributed by atoms with van der Waals surface area (Å²) in [5.74, 6) is 0. The summed E-state index contributed by atoms with van der Waals surface area (Å²) in [6, 6.07) is 6.62. The first kappa shape index (κ1) is 11.9. The molecule has 1 N–H and O–H groups in total. The van der Waals surface area contributed by atoms with Gasteiger partial charge in [-0.15, -0.1) is 0 Å². The van der Waals surface area contributed by atoms with Crippen molar-refractivity contribution in [1.82, 2.24) is 5.32 Å². The highest BCUT2D eigenvalue weighted by atomic mass is 19.1. The van der Waals surface area contributed by atoms with Crippen molar-refractivity contribution < 1.29 is 9.23 Å². The molecular weight excluding hydrogens is 231 g/mol. The van der Waals surface area contributed by atoms with Crippen molar-refractivity contribution in [2.75, 3.05) is 12.2 Å². The molecule has 3 nitrogen and oxygen atoms in total. The van der Waals surface area contributed by atoms with Gasteiger partial charge in [-0.3, -0.25) is 4.84 Å². The van der Waals surface area contributed by atoms with Crippen molar-refractivity contribution in [3.05, 3.63) is 23.8 Å². The number of halogens is 1. The van der Waals surface area contributed by atoms with Crippen molar-refractivity contribution in [2.24, 2.45) is 0 Å². The van der Waals surface area contributed by atoms with Crippen LogP contribution in [0.15, 0.2) is 18.2 Å². The van der Waals surface area contributed by atoms with Gasteiger partial charge in [0.15, 0.2) is 0 Å². The molecule has 18 heavy (non-hydrogen) atoms. The smallest absolute Gasteiger partial charge is 0.102 e. The van der Waals surface area contributed by atoms with Crippen LogP contribution in [-0.2, 0) is 11.4 Å². The van der Waals surface area contributed by atoms with Gasteiger partial charge in [-0.05, 0) is 43.4 Å². The Morgan fingerprint density at radius 3 is 3.06 bits per heavy atom. The molecule has 1 fully saturated rings. The molecule has 1 unspecified atom stereocenters. The van der Waals surface area contributed by atoms with E-state index in [4.69, 9.17) is 4.84 Å². The molecule has 1 aromatic rings. The molecule has 2 atom stereocenters. The molecule has 3 rings (SSSR count). The molecule has 0 amide bonds. The third-order valence-corrected chi connectivity index (χ3v) is 3.82. The van der Waals surface area contributed by atoms with Crippen molar-refractivity contribution in [1.29, 1.82) is 0 Å². The van der Waals surface area contributed by atoms with Crippen LogP contribution in [0.4, 0.5) is 15.8 Å². The van der Waals surface area contributed by atoms with E-state index in [1.807, 2.05) is 5.06 Å². The number of alkyl halides is 1. The number of anilines is 2. The van der Waals surface area contributed by atoms with E-state index in [1.165, 1.54) is 5.56 Å². The lowest BCUT2D eigenvalue weighted by atomic mass is 9.94. The average molecular weight is 250 g/mol. The Morgan fingerprint density at radius 1 is 1.39 bits per heavy atom. The Hall–Kier alpha value is -1.13. The van der Waals surface area contributed by atoms with E-state index in [2.05, 4.69) is 23.5 Å². The molecule has 0 saturated heterocycles. The van der Waals surface area contributed by atoms with Crippen molar-refractivity contribution in [3.8, 4) is 0 Å². The molecule has 1 aliphatic carbocycles. The Balaban J connectivity index is 1.53. The first-order valence-electron chi connectivity index (χ1n) is 6.62. The second-order valence-electron chi connectivity index (χ2n) is 5.14. The Labute approximate surface area is 107 Å². The summed E-state index contributed by atoms with van der Waals surface area (Å²) >= 11 is 0. The lowest BCUT2D eigenvalue weighted by molar-refractivity contribution is 0.213. The topological polar surface area (TPSA) is 24.3 Å². The molecule has 1 aliphatic heterocycles. The van der Waals surface area contributed by atoms with Crippen LogP contribution in [0, 0.1) is 0 Å². The molecule has 4 heteroatoms. The fraction of sp³-hybridized carbons (Fsp3) is 0.571. The fourth-order valence-electron chi connectivity index (χ4n) is 2.75. The third kappa shape index (κ3) is 2.35. The summed E-state index contributed by atoms with van der Waals surface area (Å²) in [6.07, 6.45) is 2.87. The van der Waals surface area contributed by atoms with Gasteiger partial charge in [0, 0.05) is 12.6 Å². The largest absolute Gasteiger partial charge is 0.310 e. The molecule has 1 aromatic carbocycles. The lowest BCUT2D eigenvalue weighted by Gasteiger charge is -2.25. The molecule has 2 aliphatic rings. The molecule has 0 aromatic heterocycles. The van der Waals surface area contributed by atoms with E-state index in [0.29, 0.717) is 12.5 Å². The van der Waals surface area contributed by atoms with Crippen molar-refractivity contribution in [3.63, 3.8) is 0 Å². The van der Waals surface area contributed by atoms with Crippen LogP contribution in [0.1, 0.15) is 31.2 Å². The zero-order valence-electron chi connectivity index (χ0n) is 10.7. The molecule has 1 heterocycles. The second kappa shape index (κ2) is 4.86. The summed E-state index contributed by atoms with van der Waals surface area (Å²) in [5.41, 5.74) is 3.51. The van der Waals surface area contributed by atoms with E-state index >= 15 is 0 Å². The zero-order chi connectivity index (χ0) is 12.5. The monoisotopic (exact) mass is 250 g/mol. The van der Waals surface area contributed by atoms with E-state index in [-0.39, 0.29) is 0 Å². The van der Waals surface area contributed by atoms with Crippen LogP contribution in [0.2, 0.25) is 0 Å². The Morgan fingerprint density at radius 2 is 2.28 bits per heavy atom. The quantitative estimate of drug-likeness (QED) is 0.831. The van der Waals surface area contributed by atoms with E-state index in [1.54, 1.807) is 7.11 Å². The van der Waals surface area contributed by atoms with E-state index < -0.39 is 6.17 Å². The lowest BCUT2D eigenvalue weighted by Crippen LogP contribution is -2.34. The maximum atomic E-state index is 13.3. The highest BCUT2D eigenvalue weighted by Gasteiger charge is 2.29. The summed E-state index contributed by atoms with van der Waals surface area (Å²) in [6.45, 7) is 0.808. The van der Waals surface area contributed by atoms with Crippen LogP contribution in [0.25, 0.3) is 0 Å². The molecule has 0 bridgehead atoms. The van der Waals surface area contributed by atoms with Crippen LogP contribution < -0.4 is 10.4 Å². The van der Waals surface area contributed by atoms with Gasteiger partial charge in [-0.25, -0.2) is 9.45 Å². The maximum Gasteiger partial charge on any atom is 0.102 e. The number of benzene rings is 1.